The third-order valence-electron chi connectivity index (χ3n) is 4.26. The van der Waals surface area contributed by atoms with E-state index in [-0.39, 0.29) is 17.6 Å². The third kappa shape index (κ3) is 9.54. The van der Waals surface area contributed by atoms with Crippen molar-refractivity contribution < 1.29 is 28.7 Å². The number of amides is 1. The highest BCUT2D eigenvalue weighted by Gasteiger charge is 2.31. The quantitative estimate of drug-likeness (QED) is 0.508. The molecule has 0 bridgehead atoms. The van der Waals surface area contributed by atoms with Crippen molar-refractivity contribution in [2.45, 2.75) is 73.5 Å². The summed E-state index contributed by atoms with van der Waals surface area (Å²) in [5.74, 6) is -1.65. The first-order valence-corrected chi connectivity index (χ1v) is 9.49. The molecule has 0 aliphatic rings. The molecule has 0 aromatic rings. The lowest BCUT2D eigenvalue weighted by molar-refractivity contribution is -0.164. The fourth-order valence-electron chi connectivity index (χ4n) is 2.55. The highest BCUT2D eigenvalue weighted by Crippen LogP contribution is 2.15. The molecule has 3 atom stereocenters. The lowest BCUT2D eigenvalue weighted by Gasteiger charge is -2.28. The summed E-state index contributed by atoms with van der Waals surface area (Å²) in [6.45, 7) is 12.0. The second kappa shape index (κ2) is 11.7. The van der Waals surface area contributed by atoms with E-state index >= 15 is 0 Å². The van der Waals surface area contributed by atoms with Gasteiger partial charge in [-0.25, -0.2) is 4.79 Å². The van der Waals surface area contributed by atoms with Crippen molar-refractivity contribution in [1.82, 2.24) is 4.90 Å². The Morgan fingerprint density at radius 3 is 1.81 bits per heavy atom. The second-order valence-electron chi connectivity index (χ2n) is 7.98. The lowest BCUT2D eigenvalue weighted by atomic mass is 9.99. The summed E-state index contributed by atoms with van der Waals surface area (Å²) in [4.78, 5) is 49.4. The summed E-state index contributed by atoms with van der Waals surface area (Å²) >= 11 is 0. The molecule has 0 N–H and O–H groups in total. The first-order chi connectivity index (χ1) is 12.4. The lowest BCUT2D eigenvalue weighted by Crippen LogP contribution is -2.47. The summed E-state index contributed by atoms with van der Waals surface area (Å²) in [6.07, 6.45) is 0.183. The summed E-state index contributed by atoms with van der Waals surface area (Å²) in [7, 11) is 1.47. The standard InChI is InChI=1S/C20H35NO6/c1-12(2)9-14(5)19(24)26-11-18(23)21(8)17(10-13(3)4)20(25)27-16(7)15(6)22/h12-14,16-17H,9-11H2,1-8H3. The van der Waals surface area contributed by atoms with E-state index in [1.54, 1.807) is 6.92 Å². The topological polar surface area (TPSA) is 90.0 Å². The monoisotopic (exact) mass is 385 g/mol. The highest BCUT2D eigenvalue weighted by atomic mass is 16.6. The third-order valence-corrected chi connectivity index (χ3v) is 4.26. The number of ether oxygens (including phenoxy) is 2. The molecule has 0 radical (unpaired) electrons. The number of Topliss-reactive ketones (excluding diaryl/α,β-unsaturated/α-hetero) is 1. The van der Waals surface area contributed by atoms with E-state index in [1.807, 2.05) is 27.7 Å². The number of rotatable bonds is 11. The van der Waals surface area contributed by atoms with Crippen molar-refractivity contribution in [2.24, 2.45) is 17.8 Å². The number of carbonyl (C=O) groups is 4. The van der Waals surface area contributed by atoms with Crippen LogP contribution in [-0.4, -0.2) is 54.3 Å². The van der Waals surface area contributed by atoms with E-state index in [4.69, 9.17) is 9.47 Å². The fourth-order valence-corrected chi connectivity index (χ4v) is 2.55. The number of nitrogens with zero attached hydrogens (tertiary/aromatic N) is 1. The summed E-state index contributed by atoms with van der Waals surface area (Å²) in [5, 5.41) is 0. The SMILES string of the molecule is CC(=O)C(C)OC(=O)C(CC(C)C)N(C)C(=O)COC(=O)C(C)CC(C)C. The molecule has 0 spiro atoms. The van der Waals surface area contributed by atoms with Crippen LogP contribution in [0, 0.1) is 17.8 Å². The van der Waals surface area contributed by atoms with Crippen molar-refractivity contribution in [3.8, 4) is 0 Å². The van der Waals surface area contributed by atoms with Gasteiger partial charge in [0.1, 0.15) is 6.04 Å². The van der Waals surface area contributed by atoms with E-state index in [9.17, 15) is 19.2 Å². The van der Waals surface area contributed by atoms with Gasteiger partial charge in [-0.3, -0.25) is 14.4 Å². The number of hydrogen-bond donors (Lipinski definition) is 0. The van der Waals surface area contributed by atoms with Crippen LogP contribution >= 0.6 is 0 Å². The number of hydrogen-bond acceptors (Lipinski definition) is 6. The zero-order chi connectivity index (χ0) is 21.3. The fraction of sp³-hybridized carbons (Fsp3) is 0.800. The number of carbonyl (C=O) groups excluding carboxylic acids is 4. The second-order valence-corrected chi connectivity index (χ2v) is 7.98. The van der Waals surface area contributed by atoms with Crippen LogP contribution in [-0.2, 0) is 28.7 Å². The number of likely N-dealkylation sites (N-methyl/N-ethyl adjacent to an activating group) is 1. The molecule has 0 saturated heterocycles. The Hall–Kier alpha value is -1.92. The Labute approximate surface area is 162 Å². The van der Waals surface area contributed by atoms with E-state index in [2.05, 4.69) is 0 Å². The maximum Gasteiger partial charge on any atom is 0.329 e. The Balaban J connectivity index is 4.93. The summed E-state index contributed by atoms with van der Waals surface area (Å²) < 4.78 is 10.3. The van der Waals surface area contributed by atoms with Crippen molar-refractivity contribution in [3.05, 3.63) is 0 Å². The van der Waals surface area contributed by atoms with Gasteiger partial charge in [0.05, 0.1) is 5.92 Å². The molecule has 0 fully saturated rings. The first kappa shape index (κ1) is 25.1. The van der Waals surface area contributed by atoms with Crippen LogP contribution in [0.1, 0.15) is 61.3 Å². The average Bonchev–Trinajstić information content (AvgIpc) is 2.55. The van der Waals surface area contributed by atoms with E-state index in [1.165, 1.54) is 25.8 Å². The molecule has 0 aliphatic carbocycles. The van der Waals surface area contributed by atoms with Gasteiger partial charge in [-0.15, -0.1) is 0 Å². The Morgan fingerprint density at radius 1 is 0.852 bits per heavy atom. The normalized spacial score (nSPS) is 14.4. The van der Waals surface area contributed by atoms with Crippen molar-refractivity contribution in [3.63, 3.8) is 0 Å². The predicted octanol–water partition coefficient (Wildman–Crippen LogP) is 2.61. The molecule has 0 rings (SSSR count). The van der Waals surface area contributed by atoms with E-state index in [0.29, 0.717) is 18.8 Å². The Morgan fingerprint density at radius 2 is 1.37 bits per heavy atom. The number of ketones is 1. The zero-order valence-corrected chi connectivity index (χ0v) is 17.9. The van der Waals surface area contributed by atoms with Gasteiger partial charge < -0.3 is 14.4 Å². The van der Waals surface area contributed by atoms with E-state index < -0.39 is 36.6 Å². The van der Waals surface area contributed by atoms with Crippen LogP contribution in [0.15, 0.2) is 0 Å². The van der Waals surface area contributed by atoms with Gasteiger partial charge in [-0.05, 0) is 38.5 Å². The van der Waals surface area contributed by atoms with Gasteiger partial charge in [0.25, 0.3) is 5.91 Å². The van der Waals surface area contributed by atoms with Gasteiger partial charge in [-0.1, -0.05) is 34.6 Å². The molecular formula is C20H35NO6. The molecule has 7 heteroatoms. The molecule has 0 heterocycles. The molecule has 0 aromatic heterocycles. The Bertz CT molecular complexity index is 529. The van der Waals surface area contributed by atoms with Crippen molar-refractivity contribution in [1.29, 1.82) is 0 Å². The van der Waals surface area contributed by atoms with Gasteiger partial charge in [0.15, 0.2) is 18.5 Å². The minimum atomic E-state index is -0.870. The molecule has 0 saturated carbocycles. The molecule has 3 unspecified atom stereocenters. The first-order valence-electron chi connectivity index (χ1n) is 9.49. The average molecular weight is 386 g/mol. The van der Waals surface area contributed by atoms with Crippen LogP contribution in [0.2, 0.25) is 0 Å². The van der Waals surface area contributed by atoms with Crippen LogP contribution in [0.4, 0.5) is 0 Å². The predicted molar refractivity (Wildman–Crippen MR) is 102 cm³/mol. The number of esters is 2. The summed E-state index contributed by atoms with van der Waals surface area (Å²) in [5.41, 5.74) is 0. The van der Waals surface area contributed by atoms with Gasteiger partial charge >= 0.3 is 11.9 Å². The minimum Gasteiger partial charge on any atom is -0.455 e. The van der Waals surface area contributed by atoms with Crippen LogP contribution in [0.5, 0.6) is 0 Å². The molecule has 27 heavy (non-hydrogen) atoms. The highest BCUT2D eigenvalue weighted by molar-refractivity contribution is 5.88. The van der Waals surface area contributed by atoms with E-state index in [0.717, 1.165) is 0 Å². The van der Waals surface area contributed by atoms with Crippen molar-refractivity contribution in [2.75, 3.05) is 13.7 Å². The van der Waals surface area contributed by atoms with Gasteiger partial charge in [-0.2, -0.15) is 0 Å². The molecule has 7 nitrogen and oxygen atoms in total. The van der Waals surface area contributed by atoms with Crippen LogP contribution in [0.25, 0.3) is 0 Å². The molecule has 1 amide bonds. The van der Waals surface area contributed by atoms with Crippen molar-refractivity contribution >= 4 is 23.6 Å². The maximum absolute atomic E-state index is 12.4. The summed E-state index contributed by atoms with van der Waals surface area (Å²) in [6, 6.07) is -0.842. The van der Waals surface area contributed by atoms with Crippen LogP contribution < -0.4 is 0 Å². The molecule has 0 aromatic carbocycles. The van der Waals surface area contributed by atoms with Gasteiger partial charge in [0.2, 0.25) is 0 Å². The molecular weight excluding hydrogens is 350 g/mol. The maximum atomic E-state index is 12.4. The molecule has 0 aliphatic heterocycles. The minimum absolute atomic E-state index is 0.124. The zero-order valence-electron chi connectivity index (χ0n) is 17.9. The molecule has 156 valence electrons. The smallest absolute Gasteiger partial charge is 0.329 e. The largest absolute Gasteiger partial charge is 0.455 e. The van der Waals surface area contributed by atoms with Crippen LogP contribution in [0.3, 0.4) is 0 Å². The Kier molecular flexibility index (Phi) is 10.9. The van der Waals surface area contributed by atoms with Gasteiger partial charge in [0, 0.05) is 7.05 Å².